The van der Waals surface area contributed by atoms with Crippen molar-refractivity contribution >= 4 is 27.3 Å². The Balaban J connectivity index is 2.10. The molecule has 1 saturated carbocycles. The molecule has 3 atom stereocenters. The van der Waals surface area contributed by atoms with Gasteiger partial charge in [0, 0.05) is 10.9 Å². The predicted octanol–water partition coefficient (Wildman–Crippen LogP) is 3.82. The van der Waals surface area contributed by atoms with Crippen LogP contribution in [0, 0.1) is 11.8 Å². The molecular weight excluding hydrogens is 258 g/mol. The summed E-state index contributed by atoms with van der Waals surface area (Å²) in [5.74, 6) is 1.76. The minimum Gasteiger partial charge on any atom is -0.309 e. The van der Waals surface area contributed by atoms with E-state index in [1.165, 1.54) is 15.1 Å². The third-order valence-corrected chi connectivity index (χ3v) is 4.63. The Bertz CT molecular complexity index is 310. The van der Waals surface area contributed by atoms with Crippen molar-refractivity contribution in [3.05, 3.63) is 20.8 Å². The largest absolute Gasteiger partial charge is 0.309 e. The summed E-state index contributed by atoms with van der Waals surface area (Å²) in [6, 6.07) is 4.98. The van der Waals surface area contributed by atoms with Crippen molar-refractivity contribution < 1.29 is 0 Å². The van der Waals surface area contributed by atoms with Crippen molar-refractivity contribution in [2.24, 2.45) is 11.8 Å². The fourth-order valence-corrected chi connectivity index (χ4v) is 3.57. The quantitative estimate of drug-likeness (QED) is 0.880. The Morgan fingerprint density at radius 1 is 1.64 bits per heavy atom. The van der Waals surface area contributed by atoms with Gasteiger partial charge < -0.3 is 5.32 Å². The molecule has 1 fully saturated rings. The summed E-state index contributed by atoms with van der Waals surface area (Å²) in [5, 5.41) is 3.59. The fraction of sp³-hybridized carbons (Fsp3) is 0.636. The van der Waals surface area contributed by atoms with Gasteiger partial charge in [-0.15, -0.1) is 11.3 Å². The fourth-order valence-electron chi connectivity index (χ4n) is 1.99. The molecule has 1 N–H and O–H groups in total. The molecule has 78 valence electrons. The zero-order chi connectivity index (χ0) is 10.1. The molecule has 0 spiro atoms. The lowest BCUT2D eigenvalue weighted by Gasteiger charge is -2.15. The van der Waals surface area contributed by atoms with E-state index in [0.29, 0.717) is 6.04 Å². The first kappa shape index (κ1) is 10.7. The zero-order valence-electron chi connectivity index (χ0n) is 8.59. The van der Waals surface area contributed by atoms with Crippen LogP contribution >= 0.6 is 27.3 Å². The van der Waals surface area contributed by atoms with E-state index in [0.717, 1.165) is 18.4 Å². The second-order valence-electron chi connectivity index (χ2n) is 4.05. The highest BCUT2D eigenvalue weighted by molar-refractivity contribution is 9.11. The lowest BCUT2D eigenvalue weighted by Crippen LogP contribution is -2.22. The topological polar surface area (TPSA) is 12.0 Å². The van der Waals surface area contributed by atoms with E-state index < -0.39 is 0 Å². The first-order chi connectivity index (χ1) is 6.72. The highest BCUT2D eigenvalue weighted by atomic mass is 79.9. The van der Waals surface area contributed by atoms with Crippen molar-refractivity contribution in [1.82, 2.24) is 5.32 Å². The highest BCUT2D eigenvalue weighted by Crippen LogP contribution is 2.48. The van der Waals surface area contributed by atoms with E-state index in [1.54, 1.807) is 0 Å². The minimum absolute atomic E-state index is 0.589. The van der Waals surface area contributed by atoms with Gasteiger partial charge in [-0.05, 0) is 52.9 Å². The molecule has 1 aliphatic carbocycles. The maximum atomic E-state index is 3.59. The molecule has 1 aliphatic rings. The molecule has 0 aliphatic heterocycles. The molecule has 1 aromatic rings. The molecule has 1 aromatic heterocycles. The third-order valence-electron chi connectivity index (χ3n) is 2.92. The molecule has 0 radical (unpaired) electrons. The van der Waals surface area contributed by atoms with Crippen LogP contribution in [0.4, 0.5) is 0 Å². The number of nitrogens with one attached hydrogen (secondary N) is 1. The number of thiophene rings is 1. The standard InChI is InChI=1S/C11H16BrNS/c1-3-13-11(8-6-7(8)2)9-4-5-10(12)14-9/h4-5,7-8,11,13H,3,6H2,1-2H3. The van der Waals surface area contributed by atoms with Crippen molar-refractivity contribution in [3.63, 3.8) is 0 Å². The molecule has 2 rings (SSSR count). The average Bonchev–Trinajstić information content (AvgIpc) is 2.69. The van der Waals surface area contributed by atoms with Gasteiger partial charge in [-0.3, -0.25) is 0 Å². The number of rotatable bonds is 4. The summed E-state index contributed by atoms with van der Waals surface area (Å²) < 4.78 is 1.24. The second-order valence-corrected chi connectivity index (χ2v) is 6.55. The van der Waals surface area contributed by atoms with Gasteiger partial charge in [0.15, 0.2) is 0 Å². The highest BCUT2D eigenvalue weighted by Gasteiger charge is 2.40. The Morgan fingerprint density at radius 2 is 2.36 bits per heavy atom. The van der Waals surface area contributed by atoms with Crippen molar-refractivity contribution in [3.8, 4) is 0 Å². The molecule has 3 unspecified atom stereocenters. The van der Waals surface area contributed by atoms with Crippen LogP contribution in [-0.2, 0) is 0 Å². The maximum Gasteiger partial charge on any atom is 0.0701 e. The first-order valence-corrected chi connectivity index (χ1v) is 6.82. The monoisotopic (exact) mass is 273 g/mol. The SMILES string of the molecule is CCNC(c1ccc(Br)s1)C1CC1C. The molecular formula is C11H16BrNS. The summed E-state index contributed by atoms with van der Waals surface area (Å²) in [6.45, 7) is 5.59. The van der Waals surface area contributed by atoms with Gasteiger partial charge in [0.1, 0.15) is 0 Å². The van der Waals surface area contributed by atoms with E-state index in [1.807, 2.05) is 11.3 Å². The van der Waals surface area contributed by atoms with Crippen molar-refractivity contribution in [2.45, 2.75) is 26.3 Å². The van der Waals surface area contributed by atoms with Gasteiger partial charge >= 0.3 is 0 Å². The lowest BCUT2D eigenvalue weighted by atomic mass is 10.1. The molecule has 1 heterocycles. The summed E-state index contributed by atoms with van der Waals surface area (Å²) in [5.41, 5.74) is 0. The number of halogens is 1. The summed E-state index contributed by atoms with van der Waals surface area (Å²) in [4.78, 5) is 1.48. The van der Waals surface area contributed by atoms with Crippen LogP contribution in [0.15, 0.2) is 15.9 Å². The van der Waals surface area contributed by atoms with E-state index >= 15 is 0 Å². The smallest absolute Gasteiger partial charge is 0.0701 e. The summed E-state index contributed by atoms with van der Waals surface area (Å²) in [6.07, 6.45) is 1.38. The van der Waals surface area contributed by atoms with Crippen LogP contribution in [0.1, 0.15) is 31.2 Å². The zero-order valence-corrected chi connectivity index (χ0v) is 11.0. The van der Waals surface area contributed by atoms with Crippen LogP contribution in [-0.4, -0.2) is 6.54 Å². The van der Waals surface area contributed by atoms with E-state index in [4.69, 9.17) is 0 Å². The second kappa shape index (κ2) is 4.33. The van der Waals surface area contributed by atoms with Gasteiger partial charge in [-0.1, -0.05) is 13.8 Å². The van der Waals surface area contributed by atoms with Crippen LogP contribution in [0.5, 0.6) is 0 Å². The van der Waals surface area contributed by atoms with Gasteiger partial charge in [0.05, 0.1) is 3.79 Å². The van der Waals surface area contributed by atoms with Gasteiger partial charge in [-0.25, -0.2) is 0 Å². The first-order valence-electron chi connectivity index (χ1n) is 5.21. The number of hydrogen-bond donors (Lipinski definition) is 1. The van der Waals surface area contributed by atoms with E-state index in [-0.39, 0.29) is 0 Å². The summed E-state index contributed by atoms with van der Waals surface area (Å²) >= 11 is 5.39. The van der Waals surface area contributed by atoms with Crippen LogP contribution in [0.3, 0.4) is 0 Å². The average molecular weight is 274 g/mol. The molecule has 14 heavy (non-hydrogen) atoms. The van der Waals surface area contributed by atoms with Gasteiger partial charge in [0.25, 0.3) is 0 Å². The van der Waals surface area contributed by atoms with Crippen molar-refractivity contribution in [2.75, 3.05) is 6.54 Å². The summed E-state index contributed by atoms with van der Waals surface area (Å²) in [7, 11) is 0. The Hall–Kier alpha value is 0.140. The molecule has 0 bridgehead atoms. The molecule has 0 amide bonds. The van der Waals surface area contributed by atoms with Crippen molar-refractivity contribution in [1.29, 1.82) is 0 Å². The van der Waals surface area contributed by atoms with Crippen LogP contribution in [0.25, 0.3) is 0 Å². The van der Waals surface area contributed by atoms with E-state index in [2.05, 4.69) is 47.2 Å². The minimum atomic E-state index is 0.589. The Labute approximate surface area is 98.0 Å². The molecule has 0 aromatic carbocycles. The van der Waals surface area contributed by atoms with Crippen LogP contribution < -0.4 is 5.32 Å². The predicted molar refractivity (Wildman–Crippen MR) is 65.7 cm³/mol. The van der Waals surface area contributed by atoms with Gasteiger partial charge in [0.2, 0.25) is 0 Å². The Morgan fingerprint density at radius 3 is 2.79 bits per heavy atom. The number of hydrogen-bond acceptors (Lipinski definition) is 2. The lowest BCUT2D eigenvalue weighted by molar-refractivity contribution is 0.483. The van der Waals surface area contributed by atoms with Crippen LogP contribution in [0.2, 0.25) is 0 Å². The molecule has 1 nitrogen and oxygen atoms in total. The molecule has 0 saturated heterocycles. The normalized spacial score (nSPS) is 27.6. The maximum absolute atomic E-state index is 3.59. The Kier molecular flexibility index (Phi) is 3.30. The van der Waals surface area contributed by atoms with E-state index in [9.17, 15) is 0 Å². The molecule has 3 heteroatoms. The third kappa shape index (κ3) is 2.20. The van der Waals surface area contributed by atoms with Gasteiger partial charge in [-0.2, -0.15) is 0 Å².